The lowest BCUT2D eigenvalue weighted by Gasteiger charge is -2.29. The molecule has 0 saturated carbocycles. The van der Waals surface area contributed by atoms with Crippen LogP contribution in [-0.2, 0) is 29.6 Å². The van der Waals surface area contributed by atoms with E-state index in [0.29, 0.717) is 81.7 Å². The Balaban J connectivity index is 0.849. The number of aryl methyl sites for hydroxylation is 2. The summed E-state index contributed by atoms with van der Waals surface area (Å²) in [6, 6.07) is 17.4. The normalized spacial score (nSPS) is 15.2. The third kappa shape index (κ3) is 9.04. The molecular formula is C48H48FN7O9. The Hall–Kier alpha value is -7.40. The molecule has 0 radical (unpaired) electrons. The molecule has 2 aromatic heterocycles. The number of amides is 4. The highest BCUT2D eigenvalue weighted by atomic mass is 19.1. The van der Waals surface area contributed by atoms with Crippen LogP contribution in [0, 0.1) is 12.7 Å². The first-order valence-electron chi connectivity index (χ1n) is 21.4. The second-order valence-corrected chi connectivity index (χ2v) is 16.0. The second kappa shape index (κ2) is 18.8. The summed E-state index contributed by atoms with van der Waals surface area (Å²) in [4.78, 5) is 74.3. The Bertz CT molecular complexity index is 2940. The van der Waals surface area contributed by atoms with Crippen LogP contribution in [-0.4, -0.2) is 74.2 Å². The highest BCUT2D eigenvalue weighted by molar-refractivity contribution is 6.07. The maximum Gasteiger partial charge on any atom is 0.261 e. The van der Waals surface area contributed by atoms with Gasteiger partial charge in [0.25, 0.3) is 11.8 Å². The van der Waals surface area contributed by atoms with Crippen molar-refractivity contribution in [3.63, 3.8) is 0 Å². The van der Waals surface area contributed by atoms with E-state index >= 15 is 4.39 Å². The Morgan fingerprint density at radius 2 is 1.82 bits per heavy atom. The number of piperidine rings is 1. The van der Waals surface area contributed by atoms with Crippen LogP contribution in [0.15, 0.2) is 77.9 Å². The number of aromatic nitrogens is 3. The van der Waals surface area contributed by atoms with Gasteiger partial charge in [-0.05, 0) is 93.5 Å². The number of hydrogen-bond acceptors (Lipinski definition) is 12. The zero-order chi connectivity index (χ0) is 45.9. The van der Waals surface area contributed by atoms with Crippen molar-refractivity contribution in [1.29, 1.82) is 0 Å². The van der Waals surface area contributed by atoms with Crippen LogP contribution < -0.4 is 35.6 Å². The summed E-state index contributed by atoms with van der Waals surface area (Å²) >= 11 is 0. The molecule has 0 bridgehead atoms. The van der Waals surface area contributed by atoms with Crippen molar-refractivity contribution in [2.24, 2.45) is 7.05 Å². The van der Waals surface area contributed by atoms with Gasteiger partial charge in [-0.3, -0.25) is 29.3 Å². The molecule has 65 heavy (non-hydrogen) atoms. The van der Waals surface area contributed by atoms with Crippen LogP contribution in [0.5, 0.6) is 23.1 Å². The van der Waals surface area contributed by atoms with Crippen LogP contribution in [0.4, 0.5) is 15.8 Å². The number of carbonyl (C=O) groups excluding carboxylic acids is 4. The number of anilines is 2. The van der Waals surface area contributed by atoms with E-state index in [-0.39, 0.29) is 54.1 Å². The Labute approximate surface area is 372 Å². The van der Waals surface area contributed by atoms with E-state index in [2.05, 4.69) is 25.9 Å². The molecule has 2 unspecified atom stereocenters. The van der Waals surface area contributed by atoms with Gasteiger partial charge in [0.2, 0.25) is 23.1 Å². The number of carbonyl (C=O) groups is 4. The monoisotopic (exact) mass is 885 g/mol. The van der Waals surface area contributed by atoms with Gasteiger partial charge in [0.1, 0.15) is 24.2 Å². The highest BCUT2D eigenvalue weighted by Crippen LogP contribution is 2.37. The third-order valence-electron chi connectivity index (χ3n) is 12.0. The number of imide groups is 1. The van der Waals surface area contributed by atoms with Crippen molar-refractivity contribution < 1.29 is 42.9 Å². The molecule has 4 aromatic carbocycles. The topological polar surface area (TPSA) is 203 Å². The van der Waals surface area contributed by atoms with Crippen molar-refractivity contribution in [3.05, 3.63) is 117 Å². The molecule has 6 aromatic rings. The summed E-state index contributed by atoms with van der Waals surface area (Å²) in [5, 5.41) is 19.8. The lowest BCUT2D eigenvalue weighted by molar-refractivity contribution is -0.136. The predicted molar refractivity (Wildman–Crippen MR) is 240 cm³/mol. The number of rotatable bonds is 16. The van der Waals surface area contributed by atoms with E-state index in [1.54, 1.807) is 54.9 Å². The molecule has 8 rings (SSSR count). The van der Waals surface area contributed by atoms with Gasteiger partial charge in [-0.25, -0.2) is 14.4 Å². The number of unbranched alkanes of at least 4 members (excludes halogenated alkanes) is 2. The SMILES string of the molecule is CCc1ccc2c(c1)c(=O)c(C(=O)Nc1ccc(Oc3ncnc4cc(OCCCCCC(O)Nc5cccc6c5CN(C5CCC(=O)NC5=O)C6=O)c(OC)cc34)c(F)c1)c(C)n2C. The van der Waals surface area contributed by atoms with Crippen LogP contribution in [0.3, 0.4) is 0 Å². The fourth-order valence-electron chi connectivity index (χ4n) is 8.32. The summed E-state index contributed by atoms with van der Waals surface area (Å²) in [6.45, 7) is 4.22. The molecule has 1 saturated heterocycles. The molecule has 17 heteroatoms. The van der Waals surface area contributed by atoms with Crippen molar-refractivity contribution in [1.82, 2.24) is 24.8 Å². The van der Waals surface area contributed by atoms with E-state index in [1.165, 1.54) is 30.5 Å². The average molecular weight is 886 g/mol. The lowest BCUT2D eigenvalue weighted by atomic mass is 10.0. The van der Waals surface area contributed by atoms with Crippen molar-refractivity contribution in [2.75, 3.05) is 24.4 Å². The van der Waals surface area contributed by atoms with Crippen LogP contribution in [0.1, 0.15) is 83.0 Å². The number of fused-ring (bicyclic) bond motifs is 3. The molecule has 4 amide bonds. The first-order chi connectivity index (χ1) is 31.3. The molecule has 4 N–H and O–H groups in total. The molecule has 2 aliphatic heterocycles. The summed E-state index contributed by atoms with van der Waals surface area (Å²) in [6.07, 6.45) is 4.06. The smallest absolute Gasteiger partial charge is 0.261 e. The maximum absolute atomic E-state index is 15.6. The van der Waals surface area contributed by atoms with Gasteiger partial charge >= 0.3 is 0 Å². The van der Waals surface area contributed by atoms with Crippen LogP contribution >= 0.6 is 0 Å². The molecule has 0 spiro atoms. The number of methoxy groups -OCH3 is 1. The summed E-state index contributed by atoms with van der Waals surface area (Å²) in [7, 11) is 3.28. The third-order valence-corrected chi connectivity index (χ3v) is 12.0. The first-order valence-corrected chi connectivity index (χ1v) is 21.4. The van der Waals surface area contributed by atoms with Gasteiger partial charge in [-0.2, -0.15) is 0 Å². The second-order valence-electron chi connectivity index (χ2n) is 16.0. The molecule has 4 heterocycles. The summed E-state index contributed by atoms with van der Waals surface area (Å²) < 4.78 is 35.0. The molecule has 0 aliphatic carbocycles. The van der Waals surface area contributed by atoms with Crippen molar-refractivity contribution >= 4 is 56.8 Å². The van der Waals surface area contributed by atoms with Gasteiger partial charge in [0.05, 0.1) is 30.1 Å². The maximum atomic E-state index is 15.6. The predicted octanol–water partition coefficient (Wildman–Crippen LogP) is 6.68. The van der Waals surface area contributed by atoms with E-state index in [9.17, 15) is 29.1 Å². The number of benzene rings is 4. The first kappa shape index (κ1) is 44.2. The van der Waals surface area contributed by atoms with Gasteiger partial charge in [-0.15, -0.1) is 0 Å². The van der Waals surface area contributed by atoms with Gasteiger partial charge in [-0.1, -0.05) is 19.1 Å². The fraction of sp³-hybridized carbons (Fsp3) is 0.312. The summed E-state index contributed by atoms with van der Waals surface area (Å²) in [5.41, 5.74) is 4.07. The number of aliphatic hydroxyl groups is 1. The average Bonchev–Trinajstić information content (AvgIpc) is 3.63. The number of hydrogen-bond donors (Lipinski definition) is 4. The number of aliphatic hydroxyl groups excluding tert-OH is 1. The number of halogens is 1. The number of pyridine rings is 1. The number of ether oxygens (including phenoxy) is 3. The largest absolute Gasteiger partial charge is 0.493 e. The minimum atomic E-state index is -0.886. The van der Waals surface area contributed by atoms with Crippen molar-refractivity contribution in [2.45, 2.75) is 77.6 Å². The fourth-order valence-corrected chi connectivity index (χ4v) is 8.32. The lowest BCUT2D eigenvalue weighted by Crippen LogP contribution is -2.52. The quantitative estimate of drug-likeness (QED) is 0.0457. The van der Waals surface area contributed by atoms with Crippen molar-refractivity contribution in [3.8, 4) is 23.1 Å². The Kier molecular flexibility index (Phi) is 12.8. The van der Waals surface area contributed by atoms with E-state index < -0.39 is 35.3 Å². The van der Waals surface area contributed by atoms with Crippen LogP contribution in [0.25, 0.3) is 21.8 Å². The number of nitrogens with one attached hydrogen (secondary N) is 3. The molecule has 1 fully saturated rings. The zero-order valence-corrected chi connectivity index (χ0v) is 36.3. The molecular weight excluding hydrogens is 838 g/mol. The minimum absolute atomic E-state index is 0.0284. The molecule has 2 atom stereocenters. The number of nitrogens with zero attached hydrogens (tertiary/aromatic N) is 4. The molecule has 16 nitrogen and oxygen atoms in total. The summed E-state index contributed by atoms with van der Waals surface area (Å²) in [5.74, 6) is -1.85. The molecule has 2 aliphatic rings. The van der Waals surface area contributed by atoms with E-state index in [0.717, 1.165) is 24.5 Å². The Morgan fingerprint density at radius 3 is 2.58 bits per heavy atom. The minimum Gasteiger partial charge on any atom is -0.493 e. The van der Waals surface area contributed by atoms with Crippen LogP contribution in [0.2, 0.25) is 0 Å². The van der Waals surface area contributed by atoms with Gasteiger partial charge in [0.15, 0.2) is 23.1 Å². The highest BCUT2D eigenvalue weighted by Gasteiger charge is 2.40. The Morgan fingerprint density at radius 1 is 0.985 bits per heavy atom. The van der Waals surface area contributed by atoms with Gasteiger partial charge < -0.3 is 39.4 Å². The van der Waals surface area contributed by atoms with E-state index in [1.807, 2.05) is 19.1 Å². The van der Waals surface area contributed by atoms with E-state index in [4.69, 9.17) is 14.2 Å². The standard InChI is InChI=1S/C48H48FN7O9/c1-5-27-13-15-36-31(20-27)44(59)43(26(2)55(36)3)46(61)52-28-14-17-38(33(49)21-28)65-47-30-22-39(63-4)40(23-35(30)50-25-51-47)64-19-8-6-7-12-41(57)53-34-11-9-10-29-32(34)24-56(48(29)62)37-16-18-42(58)54-45(37)60/h9-11,13-15,17,20-23,25,37,41,53,57H,5-8,12,16,18-19,24H2,1-4H3,(H,52,61)(H,54,58,60). The zero-order valence-electron chi connectivity index (χ0n) is 36.3. The molecule has 336 valence electrons. The van der Waals surface area contributed by atoms with Gasteiger partial charge in [0, 0.05) is 65.7 Å².